The van der Waals surface area contributed by atoms with Crippen LogP contribution in [0.25, 0.3) is 11.1 Å². The van der Waals surface area contributed by atoms with Crippen LogP contribution in [-0.4, -0.2) is 27.8 Å². The minimum atomic E-state index is 0.371. The quantitative estimate of drug-likeness (QED) is 0.365. The van der Waals surface area contributed by atoms with Crippen molar-refractivity contribution in [3.05, 3.63) is 76.6 Å². The van der Waals surface area contributed by atoms with Crippen molar-refractivity contribution >= 4 is 17.3 Å². The summed E-state index contributed by atoms with van der Waals surface area (Å²) in [6.07, 6.45) is 14.8. The molecule has 0 bridgehead atoms. The van der Waals surface area contributed by atoms with Gasteiger partial charge in [0.15, 0.2) is 0 Å². The second-order valence-corrected chi connectivity index (χ2v) is 8.92. The lowest BCUT2D eigenvalue weighted by molar-refractivity contribution is 0.163. The van der Waals surface area contributed by atoms with Crippen LogP contribution in [-0.2, 0) is 0 Å². The van der Waals surface area contributed by atoms with Crippen LogP contribution >= 0.6 is 11.6 Å². The monoisotopic (exact) mass is 465 g/mol. The molecule has 33 heavy (non-hydrogen) atoms. The summed E-state index contributed by atoms with van der Waals surface area (Å²) in [5, 5.41) is 8.24. The molecular weight excluding hydrogens is 426 g/mol. The molecule has 3 rings (SSSR count). The maximum atomic E-state index is 6.14. The summed E-state index contributed by atoms with van der Waals surface area (Å²) < 4.78 is 0. The Kier molecular flexibility index (Phi) is 10.9. The average Bonchev–Trinajstić information content (AvgIpc) is 3.25. The van der Waals surface area contributed by atoms with E-state index >= 15 is 0 Å². The van der Waals surface area contributed by atoms with Gasteiger partial charge in [0.25, 0.3) is 0 Å². The zero-order valence-corrected chi connectivity index (χ0v) is 22.2. The van der Waals surface area contributed by atoms with Gasteiger partial charge in [0.2, 0.25) is 0 Å². The van der Waals surface area contributed by atoms with Gasteiger partial charge in [0, 0.05) is 35.4 Å². The second-order valence-electron chi connectivity index (χ2n) is 8.48. The predicted molar refractivity (Wildman–Crippen MR) is 145 cm³/mol. The number of rotatable bonds is 8. The topological polar surface area (TPSA) is 28.5 Å². The van der Waals surface area contributed by atoms with E-state index in [-0.39, 0.29) is 0 Å². The van der Waals surface area contributed by atoms with Crippen molar-refractivity contribution in [1.29, 1.82) is 0 Å². The highest BCUT2D eigenvalue weighted by Crippen LogP contribution is 2.33. The molecule has 0 spiro atoms. The third-order valence-corrected chi connectivity index (χ3v) is 6.27. The van der Waals surface area contributed by atoms with Crippen molar-refractivity contribution in [2.75, 3.05) is 0 Å². The summed E-state index contributed by atoms with van der Waals surface area (Å²) in [6.45, 7) is 14.9. The van der Waals surface area contributed by atoms with Crippen LogP contribution in [0.3, 0.4) is 0 Å². The molecule has 0 radical (unpaired) electrons. The van der Waals surface area contributed by atoms with Crippen molar-refractivity contribution in [3.8, 4) is 11.1 Å². The molecule has 3 nitrogen and oxygen atoms in total. The van der Waals surface area contributed by atoms with Crippen LogP contribution < -0.4 is 0 Å². The van der Waals surface area contributed by atoms with Crippen molar-refractivity contribution in [1.82, 2.24) is 9.99 Å². The highest BCUT2D eigenvalue weighted by Gasteiger charge is 2.31. The Balaban J connectivity index is 0.00000187. The zero-order chi connectivity index (χ0) is 24.4. The standard InChI is InChI=1S/C27H34ClN3.C2H6/c1-6-9-21(5)31-24(11-8-10-19(3)7-2)16-26(30-31)25-18-29-17-20(4)27(25)22-12-14-23(28)15-13-22;1-2/h7-8,10,12-15,17-18,21,24H,6,9,11,16H2,1-5H3;1-2H3/b10-8-,19-7-;. The summed E-state index contributed by atoms with van der Waals surface area (Å²) in [5.41, 5.74) is 7.07. The van der Waals surface area contributed by atoms with Gasteiger partial charge >= 0.3 is 0 Å². The SMILES string of the molecule is C/C=C(C)\C=C/CC1CC(c2cncc(C)c2-c2ccc(Cl)cc2)=NN1C(C)CCC.CC. The lowest BCUT2D eigenvalue weighted by Gasteiger charge is -2.29. The van der Waals surface area contributed by atoms with Crippen molar-refractivity contribution in [2.45, 2.75) is 86.2 Å². The number of hydrazone groups is 1. The molecule has 2 aromatic rings. The lowest BCUT2D eigenvalue weighted by atomic mass is 9.92. The molecule has 0 fully saturated rings. The Morgan fingerprint density at radius 3 is 2.55 bits per heavy atom. The fraction of sp³-hybridized carbons (Fsp3) is 0.448. The molecular formula is C29H40ClN3. The highest BCUT2D eigenvalue weighted by molar-refractivity contribution is 6.30. The molecule has 1 aliphatic heterocycles. The van der Waals surface area contributed by atoms with E-state index in [1.54, 1.807) is 0 Å². The molecule has 0 aliphatic carbocycles. The van der Waals surface area contributed by atoms with E-state index in [0.29, 0.717) is 12.1 Å². The summed E-state index contributed by atoms with van der Waals surface area (Å²) in [4.78, 5) is 4.51. The van der Waals surface area contributed by atoms with E-state index < -0.39 is 0 Å². The first kappa shape index (κ1) is 26.9. The van der Waals surface area contributed by atoms with Crippen LogP contribution in [0.15, 0.2) is 65.6 Å². The third kappa shape index (κ3) is 7.04. The first-order chi connectivity index (χ1) is 15.9. The molecule has 1 aromatic carbocycles. The van der Waals surface area contributed by atoms with Gasteiger partial charge in [0.1, 0.15) is 0 Å². The summed E-state index contributed by atoms with van der Waals surface area (Å²) in [5.74, 6) is 0. The van der Waals surface area contributed by atoms with Gasteiger partial charge in [-0.2, -0.15) is 5.10 Å². The molecule has 0 saturated heterocycles. The number of nitrogens with zero attached hydrogens (tertiary/aromatic N) is 3. The first-order valence-corrected chi connectivity index (χ1v) is 12.7. The molecule has 1 aromatic heterocycles. The number of benzene rings is 1. The fourth-order valence-electron chi connectivity index (χ4n) is 4.23. The number of aryl methyl sites for hydroxylation is 1. The summed E-state index contributed by atoms with van der Waals surface area (Å²) in [7, 11) is 0. The van der Waals surface area contributed by atoms with Crippen LogP contribution in [0.5, 0.6) is 0 Å². The van der Waals surface area contributed by atoms with Crippen LogP contribution in [0.4, 0.5) is 0 Å². The van der Waals surface area contributed by atoms with Crippen molar-refractivity contribution < 1.29 is 0 Å². The molecule has 4 heteroatoms. The Morgan fingerprint density at radius 2 is 1.91 bits per heavy atom. The van der Waals surface area contributed by atoms with E-state index in [1.807, 2.05) is 38.4 Å². The number of hydrogen-bond acceptors (Lipinski definition) is 3. The molecule has 0 amide bonds. The van der Waals surface area contributed by atoms with E-state index in [9.17, 15) is 0 Å². The molecule has 0 saturated carbocycles. The second kappa shape index (κ2) is 13.3. The molecule has 0 N–H and O–H groups in total. The summed E-state index contributed by atoms with van der Waals surface area (Å²) in [6, 6.07) is 8.85. The normalized spacial score (nSPS) is 17.1. The minimum absolute atomic E-state index is 0.371. The molecule has 2 atom stereocenters. The minimum Gasteiger partial charge on any atom is -0.290 e. The van der Waals surface area contributed by atoms with Crippen LogP contribution in [0.1, 0.15) is 78.4 Å². The lowest BCUT2D eigenvalue weighted by Crippen LogP contribution is -2.34. The van der Waals surface area contributed by atoms with E-state index in [4.69, 9.17) is 16.7 Å². The molecule has 2 unspecified atom stereocenters. The Labute approximate surface area is 206 Å². The number of pyridine rings is 1. The van der Waals surface area contributed by atoms with Crippen LogP contribution in [0, 0.1) is 6.92 Å². The smallest absolute Gasteiger partial charge is 0.0720 e. The van der Waals surface area contributed by atoms with Gasteiger partial charge in [-0.3, -0.25) is 9.99 Å². The molecule has 178 valence electrons. The zero-order valence-electron chi connectivity index (χ0n) is 21.4. The maximum Gasteiger partial charge on any atom is 0.0720 e. The Hall–Kier alpha value is -2.39. The van der Waals surface area contributed by atoms with Gasteiger partial charge in [-0.1, -0.05) is 74.7 Å². The number of allylic oxidation sites excluding steroid dienone is 3. The van der Waals surface area contributed by atoms with Gasteiger partial charge in [0.05, 0.1) is 11.8 Å². The highest BCUT2D eigenvalue weighted by atomic mass is 35.5. The maximum absolute atomic E-state index is 6.14. The summed E-state index contributed by atoms with van der Waals surface area (Å²) >= 11 is 6.14. The third-order valence-electron chi connectivity index (χ3n) is 6.02. The Morgan fingerprint density at radius 1 is 1.21 bits per heavy atom. The van der Waals surface area contributed by atoms with Gasteiger partial charge < -0.3 is 0 Å². The van der Waals surface area contributed by atoms with Crippen LogP contribution in [0.2, 0.25) is 5.02 Å². The predicted octanol–water partition coefficient (Wildman–Crippen LogP) is 8.62. The van der Waals surface area contributed by atoms with E-state index in [2.05, 4.69) is 75.0 Å². The average molecular weight is 466 g/mol. The number of halogens is 1. The number of aromatic nitrogens is 1. The van der Waals surface area contributed by atoms with Gasteiger partial charge in [-0.05, 0) is 69.4 Å². The molecule has 1 aliphatic rings. The van der Waals surface area contributed by atoms with Gasteiger partial charge in [-0.15, -0.1) is 0 Å². The van der Waals surface area contributed by atoms with E-state index in [0.717, 1.165) is 53.1 Å². The van der Waals surface area contributed by atoms with Gasteiger partial charge in [-0.25, -0.2) is 0 Å². The number of hydrogen-bond donors (Lipinski definition) is 0. The Bertz CT molecular complexity index is 973. The molecule has 2 heterocycles. The first-order valence-electron chi connectivity index (χ1n) is 12.3. The van der Waals surface area contributed by atoms with E-state index in [1.165, 1.54) is 11.1 Å². The fourth-order valence-corrected chi connectivity index (χ4v) is 4.36. The van der Waals surface area contributed by atoms with Crippen molar-refractivity contribution in [2.24, 2.45) is 5.10 Å². The van der Waals surface area contributed by atoms with Crippen molar-refractivity contribution in [3.63, 3.8) is 0 Å². The largest absolute Gasteiger partial charge is 0.290 e.